The second kappa shape index (κ2) is 4.44. The van der Waals surface area contributed by atoms with Crippen LogP contribution in [-0.4, -0.2) is 29.5 Å². The third-order valence-corrected chi connectivity index (χ3v) is 3.60. The maximum Gasteiger partial charge on any atom is 0.420 e. The van der Waals surface area contributed by atoms with E-state index in [-0.39, 0.29) is 18.6 Å². The van der Waals surface area contributed by atoms with Crippen LogP contribution in [0.3, 0.4) is 0 Å². The summed E-state index contributed by atoms with van der Waals surface area (Å²) in [6, 6.07) is 6.66. The van der Waals surface area contributed by atoms with E-state index in [0.29, 0.717) is 11.1 Å². The summed E-state index contributed by atoms with van der Waals surface area (Å²) < 4.78 is 10.3. The molecule has 6 nitrogen and oxygen atoms in total. The van der Waals surface area contributed by atoms with Crippen LogP contribution in [0.5, 0.6) is 0 Å². The van der Waals surface area contributed by atoms with Crippen molar-refractivity contribution in [2.24, 2.45) is 0 Å². The van der Waals surface area contributed by atoms with Crippen molar-refractivity contribution >= 4 is 18.0 Å². The standard InChI is InChI=1S/C15H13NO5/c1-3-20-14(19)16-12(17)10-6-4-5-7-11(10)15(16)8-9(2)13(18)21-15/h4-7H,2-3,8H2,1H3. The summed E-state index contributed by atoms with van der Waals surface area (Å²) in [6.07, 6.45) is -0.783. The Morgan fingerprint density at radius 2 is 2.14 bits per heavy atom. The molecule has 1 aromatic carbocycles. The molecular weight excluding hydrogens is 274 g/mol. The summed E-state index contributed by atoms with van der Waals surface area (Å²) >= 11 is 0. The highest BCUT2D eigenvalue weighted by atomic mass is 16.6. The lowest BCUT2D eigenvalue weighted by Crippen LogP contribution is -2.47. The van der Waals surface area contributed by atoms with E-state index < -0.39 is 23.7 Å². The van der Waals surface area contributed by atoms with Crippen molar-refractivity contribution in [1.29, 1.82) is 0 Å². The van der Waals surface area contributed by atoms with Crippen LogP contribution in [-0.2, 0) is 20.0 Å². The number of esters is 1. The summed E-state index contributed by atoms with van der Waals surface area (Å²) in [5.41, 5.74) is -0.439. The van der Waals surface area contributed by atoms with Crippen molar-refractivity contribution < 1.29 is 23.9 Å². The van der Waals surface area contributed by atoms with E-state index in [1.165, 1.54) is 0 Å². The molecule has 1 unspecified atom stereocenters. The van der Waals surface area contributed by atoms with Crippen molar-refractivity contribution in [1.82, 2.24) is 4.90 Å². The molecule has 1 saturated heterocycles. The largest absolute Gasteiger partial charge is 0.449 e. The Balaban J connectivity index is 2.17. The normalized spacial score (nSPS) is 23.5. The fraction of sp³-hybridized carbons (Fsp3) is 0.267. The molecule has 0 saturated carbocycles. The van der Waals surface area contributed by atoms with E-state index in [9.17, 15) is 14.4 Å². The number of amides is 2. The quantitative estimate of drug-likeness (QED) is 0.583. The van der Waals surface area contributed by atoms with Gasteiger partial charge in [-0.25, -0.2) is 9.59 Å². The fourth-order valence-electron chi connectivity index (χ4n) is 2.73. The van der Waals surface area contributed by atoms with Gasteiger partial charge in [0, 0.05) is 23.1 Å². The number of carbonyl (C=O) groups excluding carboxylic acids is 3. The molecule has 2 heterocycles. The number of ether oxygens (including phenoxy) is 2. The molecule has 0 aromatic heterocycles. The Hall–Kier alpha value is -2.63. The molecule has 0 bridgehead atoms. The van der Waals surface area contributed by atoms with Crippen molar-refractivity contribution in [2.75, 3.05) is 6.61 Å². The molecule has 0 N–H and O–H groups in total. The minimum Gasteiger partial charge on any atom is -0.449 e. The molecular formula is C15H13NO5. The molecule has 1 atom stereocenters. The zero-order valence-corrected chi connectivity index (χ0v) is 11.4. The maximum atomic E-state index is 12.5. The molecule has 0 radical (unpaired) electrons. The third-order valence-electron chi connectivity index (χ3n) is 3.60. The van der Waals surface area contributed by atoms with E-state index in [1.807, 2.05) is 0 Å². The van der Waals surface area contributed by atoms with Gasteiger partial charge in [0.2, 0.25) is 5.72 Å². The number of hydrogen-bond acceptors (Lipinski definition) is 5. The SMILES string of the molecule is C=C1CC2(OC1=O)c1ccccc1C(=O)N2C(=O)OCC. The predicted molar refractivity (Wildman–Crippen MR) is 71.2 cm³/mol. The highest BCUT2D eigenvalue weighted by Crippen LogP contribution is 2.48. The van der Waals surface area contributed by atoms with Crippen LogP contribution in [0.4, 0.5) is 4.79 Å². The highest BCUT2D eigenvalue weighted by Gasteiger charge is 2.60. The molecule has 1 fully saturated rings. The van der Waals surface area contributed by atoms with Gasteiger partial charge in [0.05, 0.1) is 6.61 Å². The lowest BCUT2D eigenvalue weighted by molar-refractivity contribution is -0.158. The molecule has 1 aromatic rings. The van der Waals surface area contributed by atoms with Gasteiger partial charge in [-0.1, -0.05) is 24.8 Å². The Morgan fingerprint density at radius 1 is 1.43 bits per heavy atom. The van der Waals surface area contributed by atoms with Crippen LogP contribution in [0.25, 0.3) is 0 Å². The monoisotopic (exact) mass is 287 g/mol. The first kappa shape index (κ1) is 13.4. The van der Waals surface area contributed by atoms with Crippen molar-refractivity contribution in [2.45, 2.75) is 19.1 Å². The van der Waals surface area contributed by atoms with E-state index in [1.54, 1.807) is 31.2 Å². The van der Waals surface area contributed by atoms with Gasteiger partial charge in [0.15, 0.2) is 0 Å². The van der Waals surface area contributed by atoms with Crippen LogP contribution >= 0.6 is 0 Å². The summed E-state index contributed by atoms with van der Waals surface area (Å²) in [6.45, 7) is 5.38. The average Bonchev–Trinajstić information content (AvgIpc) is 2.87. The molecule has 1 spiro atoms. The fourth-order valence-corrected chi connectivity index (χ4v) is 2.73. The van der Waals surface area contributed by atoms with E-state index >= 15 is 0 Å². The van der Waals surface area contributed by atoms with Gasteiger partial charge in [-0.05, 0) is 13.0 Å². The summed E-state index contributed by atoms with van der Waals surface area (Å²) in [4.78, 5) is 37.3. The topological polar surface area (TPSA) is 72.9 Å². The number of benzene rings is 1. The Kier molecular flexibility index (Phi) is 2.83. The number of nitrogens with zero attached hydrogens (tertiary/aromatic N) is 1. The van der Waals surface area contributed by atoms with Crippen molar-refractivity contribution in [3.05, 3.63) is 47.5 Å². The molecule has 2 aliphatic rings. The summed E-state index contributed by atoms with van der Waals surface area (Å²) in [5.74, 6) is -1.15. The first-order chi connectivity index (χ1) is 10.0. The lowest BCUT2D eigenvalue weighted by Gasteiger charge is -2.31. The summed E-state index contributed by atoms with van der Waals surface area (Å²) in [5, 5.41) is 0. The van der Waals surface area contributed by atoms with E-state index in [0.717, 1.165) is 4.90 Å². The molecule has 2 amide bonds. The first-order valence-electron chi connectivity index (χ1n) is 6.53. The molecule has 108 valence electrons. The van der Waals surface area contributed by atoms with Gasteiger partial charge >= 0.3 is 12.1 Å². The zero-order chi connectivity index (χ0) is 15.2. The first-order valence-corrected chi connectivity index (χ1v) is 6.53. The minimum atomic E-state index is -1.46. The Morgan fingerprint density at radius 3 is 2.76 bits per heavy atom. The van der Waals surface area contributed by atoms with E-state index in [4.69, 9.17) is 9.47 Å². The Labute approximate surface area is 120 Å². The van der Waals surface area contributed by atoms with Crippen LogP contribution in [0, 0.1) is 0 Å². The molecule has 0 aliphatic carbocycles. The number of rotatable bonds is 1. The summed E-state index contributed by atoms with van der Waals surface area (Å²) in [7, 11) is 0. The number of hydrogen-bond donors (Lipinski definition) is 0. The lowest BCUT2D eigenvalue weighted by atomic mass is 9.97. The number of carbonyl (C=O) groups is 3. The second-order valence-corrected chi connectivity index (χ2v) is 4.84. The van der Waals surface area contributed by atoms with E-state index in [2.05, 4.69) is 6.58 Å². The van der Waals surface area contributed by atoms with Crippen molar-refractivity contribution in [3.8, 4) is 0 Å². The van der Waals surface area contributed by atoms with Gasteiger partial charge in [-0.15, -0.1) is 0 Å². The van der Waals surface area contributed by atoms with Gasteiger partial charge in [-0.2, -0.15) is 4.90 Å². The van der Waals surface area contributed by atoms with Crippen LogP contribution in [0.1, 0.15) is 29.3 Å². The molecule has 6 heteroatoms. The van der Waals surface area contributed by atoms with Crippen LogP contribution < -0.4 is 0 Å². The number of fused-ring (bicyclic) bond motifs is 2. The van der Waals surface area contributed by atoms with Crippen molar-refractivity contribution in [3.63, 3.8) is 0 Å². The predicted octanol–water partition coefficient (Wildman–Crippen LogP) is 1.95. The van der Waals surface area contributed by atoms with Gasteiger partial charge in [0.1, 0.15) is 0 Å². The maximum absolute atomic E-state index is 12.5. The zero-order valence-electron chi connectivity index (χ0n) is 11.4. The smallest absolute Gasteiger partial charge is 0.420 e. The van der Waals surface area contributed by atoms with Crippen LogP contribution in [0.15, 0.2) is 36.4 Å². The molecule has 2 aliphatic heterocycles. The van der Waals surface area contributed by atoms with Gasteiger partial charge in [-0.3, -0.25) is 4.79 Å². The Bertz CT molecular complexity index is 662. The van der Waals surface area contributed by atoms with Crippen LogP contribution in [0.2, 0.25) is 0 Å². The molecule has 21 heavy (non-hydrogen) atoms. The highest BCUT2D eigenvalue weighted by molar-refractivity contribution is 6.09. The average molecular weight is 287 g/mol. The molecule has 3 rings (SSSR count). The second-order valence-electron chi connectivity index (χ2n) is 4.84. The third kappa shape index (κ3) is 1.68. The number of imide groups is 1. The van der Waals surface area contributed by atoms with Gasteiger partial charge in [0.25, 0.3) is 5.91 Å². The minimum absolute atomic E-state index is 0.0490. The van der Waals surface area contributed by atoms with Gasteiger partial charge < -0.3 is 9.47 Å².